The van der Waals surface area contributed by atoms with Crippen LogP contribution in [0.4, 0.5) is 21.8 Å². The Morgan fingerprint density at radius 3 is 2.76 bits per heavy atom. The van der Waals surface area contributed by atoms with E-state index in [9.17, 15) is 9.18 Å². The van der Waals surface area contributed by atoms with E-state index >= 15 is 0 Å². The van der Waals surface area contributed by atoms with Crippen molar-refractivity contribution in [1.29, 1.82) is 0 Å². The number of aromatic amines is 1. The standard InChI is InChI=1S/C21H25FN6O/c1-21(2,3)26-19-20(24-7-6-23-19)27-8-9-28(16(12-27)13-29)18-11-14-10-15(22)4-5-17(14)25-18/h4-7,10-11,13,16,25H,8-9,12H2,1-3H3,(H,23,26). The number of piperazine rings is 1. The SMILES string of the molecule is CC(C)(C)Nc1nccnc1N1CCN(c2cc3cc(F)ccc3[nH]2)C(C=O)C1. The van der Waals surface area contributed by atoms with E-state index < -0.39 is 0 Å². The van der Waals surface area contributed by atoms with E-state index in [0.29, 0.717) is 25.5 Å². The molecular weight excluding hydrogens is 371 g/mol. The van der Waals surface area contributed by atoms with E-state index in [1.54, 1.807) is 18.5 Å². The first-order chi connectivity index (χ1) is 13.8. The predicted molar refractivity (Wildman–Crippen MR) is 113 cm³/mol. The largest absolute Gasteiger partial charge is 0.362 e. The molecule has 1 aliphatic rings. The van der Waals surface area contributed by atoms with Crippen LogP contribution in [0.15, 0.2) is 36.7 Å². The number of hydrogen-bond acceptors (Lipinski definition) is 6. The Kier molecular flexibility index (Phi) is 4.86. The molecule has 29 heavy (non-hydrogen) atoms. The average Bonchev–Trinajstić information content (AvgIpc) is 3.09. The quantitative estimate of drug-likeness (QED) is 0.660. The Hall–Kier alpha value is -3.16. The van der Waals surface area contributed by atoms with E-state index in [1.165, 1.54) is 12.1 Å². The number of H-pyrrole nitrogens is 1. The Bertz CT molecular complexity index is 1030. The number of aromatic nitrogens is 3. The summed E-state index contributed by atoms with van der Waals surface area (Å²) < 4.78 is 13.5. The number of rotatable bonds is 4. The minimum atomic E-state index is -0.355. The van der Waals surface area contributed by atoms with Gasteiger partial charge in [-0.25, -0.2) is 14.4 Å². The molecular formula is C21H25FN6O. The second-order valence-corrected chi connectivity index (χ2v) is 8.33. The van der Waals surface area contributed by atoms with Crippen molar-refractivity contribution in [1.82, 2.24) is 15.0 Å². The zero-order valence-electron chi connectivity index (χ0n) is 16.8. The molecule has 0 bridgehead atoms. The van der Waals surface area contributed by atoms with E-state index in [1.807, 2.05) is 11.0 Å². The van der Waals surface area contributed by atoms with Gasteiger partial charge in [0.15, 0.2) is 11.6 Å². The zero-order chi connectivity index (χ0) is 20.6. The number of anilines is 3. The molecule has 0 aliphatic carbocycles. The maximum atomic E-state index is 13.5. The zero-order valence-corrected chi connectivity index (χ0v) is 16.8. The maximum absolute atomic E-state index is 13.5. The minimum absolute atomic E-state index is 0.156. The highest BCUT2D eigenvalue weighted by atomic mass is 19.1. The molecule has 4 rings (SSSR count). The van der Waals surface area contributed by atoms with E-state index in [-0.39, 0.29) is 17.4 Å². The lowest BCUT2D eigenvalue weighted by atomic mass is 10.1. The summed E-state index contributed by atoms with van der Waals surface area (Å²) in [4.78, 5) is 28.3. The third-order valence-corrected chi connectivity index (χ3v) is 4.93. The number of aldehydes is 1. The van der Waals surface area contributed by atoms with Gasteiger partial charge in [-0.15, -0.1) is 0 Å². The smallest absolute Gasteiger partial charge is 0.171 e. The summed E-state index contributed by atoms with van der Waals surface area (Å²) in [5.74, 6) is 1.99. The van der Waals surface area contributed by atoms with E-state index in [0.717, 1.165) is 28.8 Å². The van der Waals surface area contributed by atoms with Crippen LogP contribution in [-0.4, -0.2) is 52.5 Å². The Labute approximate surface area is 168 Å². The summed E-state index contributed by atoms with van der Waals surface area (Å²) >= 11 is 0. The maximum Gasteiger partial charge on any atom is 0.171 e. The molecule has 2 aromatic heterocycles. The molecule has 152 valence electrons. The summed E-state index contributed by atoms with van der Waals surface area (Å²) in [5, 5.41) is 4.18. The number of hydrogen-bond donors (Lipinski definition) is 2. The molecule has 8 heteroatoms. The first-order valence-corrected chi connectivity index (χ1v) is 9.68. The van der Waals surface area contributed by atoms with Gasteiger partial charge in [-0.2, -0.15) is 0 Å². The molecule has 3 heterocycles. The molecule has 3 aromatic rings. The van der Waals surface area contributed by atoms with Crippen LogP contribution in [0.3, 0.4) is 0 Å². The minimum Gasteiger partial charge on any atom is -0.362 e. The molecule has 1 unspecified atom stereocenters. The lowest BCUT2D eigenvalue weighted by Gasteiger charge is -2.40. The summed E-state index contributed by atoms with van der Waals surface area (Å²) in [5.41, 5.74) is 0.690. The van der Waals surface area contributed by atoms with E-state index in [4.69, 9.17) is 0 Å². The normalized spacial score (nSPS) is 17.6. The van der Waals surface area contributed by atoms with Gasteiger partial charge in [0, 0.05) is 48.5 Å². The van der Waals surface area contributed by atoms with Crippen molar-refractivity contribution in [3.63, 3.8) is 0 Å². The molecule has 0 amide bonds. The van der Waals surface area contributed by atoms with Crippen molar-refractivity contribution in [3.8, 4) is 0 Å². The summed E-state index contributed by atoms with van der Waals surface area (Å²) in [6, 6.07) is 6.16. The van der Waals surface area contributed by atoms with Crippen molar-refractivity contribution in [3.05, 3.63) is 42.5 Å². The van der Waals surface area contributed by atoms with Crippen LogP contribution in [0.5, 0.6) is 0 Å². The number of nitrogens with one attached hydrogen (secondary N) is 2. The van der Waals surface area contributed by atoms with Gasteiger partial charge in [-0.1, -0.05) is 0 Å². The highest BCUT2D eigenvalue weighted by Gasteiger charge is 2.30. The van der Waals surface area contributed by atoms with Crippen LogP contribution in [-0.2, 0) is 4.79 Å². The van der Waals surface area contributed by atoms with Crippen LogP contribution in [0.25, 0.3) is 10.9 Å². The lowest BCUT2D eigenvalue weighted by Crippen LogP contribution is -2.54. The number of nitrogens with zero attached hydrogens (tertiary/aromatic N) is 4. The van der Waals surface area contributed by atoms with Gasteiger partial charge >= 0.3 is 0 Å². The van der Waals surface area contributed by atoms with E-state index in [2.05, 4.69) is 45.9 Å². The van der Waals surface area contributed by atoms with Gasteiger partial charge in [-0.3, -0.25) is 0 Å². The van der Waals surface area contributed by atoms with Crippen molar-refractivity contribution < 1.29 is 9.18 Å². The van der Waals surface area contributed by atoms with Crippen molar-refractivity contribution in [2.75, 3.05) is 34.8 Å². The molecule has 0 radical (unpaired) electrons. The van der Waals surface area contributed by atoms with Crippen molar-refractivity contribution in [2.45, 2.75) is 32.4 Å². The Morgan fingerprint density at radius 1 is 1.21 bits per heavy atom. The van der Waals surface area contributed by atoms with Crippen molar-refractivity contribution >= 4 is 34.6 Å². The lowest BCUT2D eigenvalue weighted by molar-refractivity contribution is -0.109. The van der Waals surface area contributed by atoms with Gasteiger partial charge < -0.3 is 24.9 Å². The topological polar surface area (TPSA) is 77.2 Å². The molecule has 1 saturated heterocycles. The first kappa shape index (κ1) is 19.2. The number of carbonyl (C=O) groups excluding carboxylic acids is 1. The number of carbonyl (C=O) groups is 1. The molecule has 7 nitrogen and oxygen atoms in total. The molecule has 1 aliphatic heterocycles. The fourth-order valence-electron chi connectivity index (χ4n) is 3.67. The van der Waals surface area contributed by atoms with Crippen LogP contribution in [0.2, 0.25) is 0 Å². The molecule has 1 atom stereocenters. The van der Waals surface area contributed by atoms with Gasteiger partial charge in [0.05, 0.1) is 0 Å². The van der Waals surface area contributed by atoms with Gasteiger partial charge in [0.25, 0.3) is 0 Å². The second kappa shape index (κ2) is 7.35. The van der Waals surface area contributed by atoms with Gasteiger partial charge in [0.1, 0.15) is 24.0 Å². The number of halogens is 1. The van der Waals surface area contributed by atoms with Crippen LogP contribution in [0, 0.1) is 5.82 Å². The summed E-state index contributed by atoms with van der Waals surface area (Å²) in [7, 11) is 0. The molecule has 1 aromatic carbocycles. The highest BCUT2D eigenvalue weighted by Crippen LogP contribution is 2.29. The third kappa shape index (κ3) is 4.01. The van der Waals surface area contributed by atoms with Gasteiger partial charge in [0.2, 0.25) is 0 Å². The fourth-order valence-corrected chi connectivity index (χ4v) is 3.67. The third-order valence-electron chi connectivity index (χ3n) is 4.93. The Morgan fingerprint density at radius 2 is 2.00 bits per heavy atom. The van der Waals surface area contributed by atoms with Crippen LogP contribution < -0.4 is 15.1 Å². The first-order valence-electron chi connectivity index (χ1n) is 9.68. The predicted octanol–water partition coefficient (Wildman–Crippen LogP) is 3.20. The summed E-state index contributed by atoms with van der Waals surface area (Å²) in [6.07, 6.45) is 4.28. The van der Waals surface area contributed by atoms with Crippen molar-refractivity contribution in [2.24, 2.45) is 0 Å². The molecule has 0 saturated carbocycles. The fraction of sp³-hybridized carbons (Fsp3) is 0.381. The Balaban J connectivity index is 1.58. The van der Waals surface area contributed by atoms with Crippen LogP contribution >= 0.6 is 0 Å². The highest BCUT2D eigenvalue weighted by molar-refractivity contribution is 5.85. The molecule has 2 N–H and O–H groups in total. The van der Waals surface area contributed by atoms with Crippen LogP contribution in [0.1, 0.15) is 20.8 Å². The number of benzene rings is 1. The number of fused-ring (bicyclic) bond motifs is 1. The second-order valence-electron chi connectivity index (χ2n) is 8.33. The monoisotopic (exact) mass is 396 g/mol. The molecule has 1 fully saturated rings. The average molecular weight is 396 g/mol. The summed E-state index contributed by atoms with van der Waals surface area (Å²) in [6.45, 7) is 8.00. The molecule has 0 spiro atoms. The van der Waals surface area contributed by atoms with Gasteiger partial charge in [-0.05, 0) is 45.0 Å².